The van der Waals surface area contributed by atoms with E-state index in [9.17, 15) is 22.8 Å². The number of amides is 1. The number of carbonyl (C=O) groups excluding carboxylic acids is 2. The first kappa shape index (κ1) is 21.4. The number of benzene rings is 1. The van der Waals surface area contributed by atoms with E-state index >= 15 is 0 Å². The molecule has 30 heavy (non-hydrogen) atoms. The summed E-state index contributed by atoms with van der Waals surface area (Å²) in [6.07, 6.45) is 0.0882. The molecule has 2 aromatic rings. The van der Waals surface area contributed by atoms with Crippen LogP contribution in [0.15, 0.2) is 12.1 Å². The van der Waals surface area contributed by atoms with Gasteiger partial charge in [0, 0.05) is 6.42 Å². The maximum absolute atomic E-state index is 14.3. The number of imidazole rings is 1. The molecule has 0 spiro atoms. The molecule has 4 rings (SSSR count). The van der Waals surface area contributed by atoms with Gasteiger partial charge < -0.3 is 5.32 Å². The normalized spacial score (nSPS) is 22.5. The smallest absolute Gasteiger partial charge is 0.319 e. The number of rotatable bonds is 4. The molecular formula is C20H20Cl2F3N3O2. The molecule has 162 valence electrons. The van der Waals surface area contributed by atoms with Gasteiger partial charge in [0.25, 0.3) is 5.66 Å². The molecule has 1 aliphatic carbocycles. The maximum Gasteiger partial charge on any atom is 0.438 e. The van der Waals surface area contributed by atoms with E-state index in [0.29, 0.717) is 12.3 Å². The van der Waals surface area contributed by atoms with Crippen LogP contribution in [0.5, 0.6) is 0 Å². The maximum atomic E-state index is 14.3. The summed E-state index contributed by atoms with van der Waals surface area (Å²) in [6.45, 7) is 0. The van der Waals surface area contributed by atoms with Crippen molar-refractivity contribution < 1.29 is 22.8 Å². The number of hydrogen-bond donors (Lipinski definition) is 1. The van der Waals surface area contributed by atoms with Crippen LogP contribution in [0, 0.1) is 5.92 Å². The van der Waals surface area contributed by atoms with E-state index in [0.717, 1.165) is 36.7 Å². The van der Waals surface area contributed by atoms with Crippen LogP contribution >= 0.6 is 23.2 Å². The Bertz CT molecular complexity index is 1010. The Morgan fingerprint density at radius 1 is 1.20 bits per heavy atom. The van der Waals surface area contributed by atoms with Gasteiger partial charge in [0.2, 0.25) is 5.91 Å². The number of nitrogens with zero attached hydrogens (tertiary/aromatic N) is 2. The standard InChI is InChI=1S/C20H20Cl2F3N3O2/c21-12-8-14-15(9-13(12)22)28-17(26-14)10-16(29)19(28,20(23,24)25)27-18(30)7-6-11-4-2-1-3-5-11/h8-9,11H,1-7,10H2,(H,27,30). The molecule has 10 heteroatoms. The zero-order valence-corrected chi connectivity index (χ0v) is 17.5. The number of hydrogen-bond acceptors (Lipinski definition) is 3. The number of fused-ring (bicyclic) bond motifs is 3. The Balaban J connectivity index is 1.70. The average molecular weight is 462 g/mol. The summed E-state index contributed by atoms with van der Waals surface area (Å²) in [5.41, 5.74) is -3.02. The Morgan fingerprint density at radius 3 is 2.53 bits per heavy atom. The Morgan fingerprint density at radius 2 is 1.87 bits per heavy atom. The first-order chi connectivity index (χ1) is 14.1. The molecule has 2 heterocycles. The van der Waals surface area contributed by atoms with Crippen molar-refractivity contribution in [3.05, 3.63) is 28.0 Å². The SMILES string of the molecule is O=C(CCC1CCCCC1)NC1(C(F)(F)F)C(=O)Cc2nc3cc(Cl)c(Cl)cc3n21. The van der Waals surface area contributed by atoms with Crippen LogP contribution in [0.3, 0.4) is 0 Å². The van der Waals surface area contributed by atoms with E-state index in [1.54, 1.807) is 0 Å². The lowest BCUT2D eigenvalue weighted by Gasteiger charge is -2.33. The van der Waals surface area contributed by atoms with Gasteiger partial charge in [0.05, 0.1) is 27.5 Å². The van der Waals surface area contributed by atoms with Gasteiger partial charge in [-0.2, -0.15) is 13.2 Å². The van der Waals surface area contributed by atoms with Crippen LogP contribution in [0.1, 0.15) is 50.8 Å². The fourth-order valence-electron chi connectivity index (χ4n) is 4.57. The summed E-state index contributed by atoms with van der Waals surface area (Å²) in [5, 5.41) is 2.20. The highest BCUT2D eigenvalue weighted by molar-refractivity contribution is 6.42. The van der Waals surface area contributed by atoms with Gasteiger partial charge in [0.1, 0.15) is 5.82 Å². The molecule has 1 saturated carbocycles. The lowest BCUT2D eigenvalue weighted by molar-refractivity contribution is -0.218. The van der Waals surface area contributed by atoms with Gasteiger partial charge in [-0.15, -0.1) is 0 Å². The molecule has 0 bridgehead atoms. The number of carbonyl (C=O) groups is 2. The molecule has 1 N–H and O–H groups in total. The largest absolute Gasteiger partial charge is 0.438 e. The number of aromatic nitrogens is 2. The van der Waals surface area contributed by atoms with E-state index in [-0.39, 0.29) is 33.3 Å². The topological polar surface area (TPSA) is 64.0 Å². The van der Waals surface area contributed by atoms with Crippen LogP contribution < -0.4 is 5.32 Å². The molecule has 0 saturated heterocycles. The molecule has 1 aromatic carbocycles. The molecule has 2 aliphatic rings. The fraction of sp³-hybridized carbons (Fsp3) is 0.550. The highest BCUT2D eigenvalue weighted by Crippen LogP contribution is 2.44. The monoisotopic (exact) mass is 461 g/mol. The highest BCUT2D eigenvalue weighted by Gasteiger charge is 2.66. The zero-order valence-electron chi connectivity index (χ0n) is 16.0. The summed E-state index contributed by atoms with van der Waals surface area (Å²) in [5.74, 6) is -1.73. The predicted molar refractivity (Wildman–Crippen MR) is 106 cm³/mol. The van der Waals surface area contributed by atoms with Crippen molar-refractivity contribution >= 4 is 45.9 Å². The molecular weight excluding hydrogens is 442 g/mol. The van der Waals surface area contributed by atoms with Crippen molar-refractivity contribution in [3.63, 3.8) is 0 Å². The van der Waals surface area contributed by atoms with Gasteiger partial charge in [-0.05, 0) is 24.5 Å². The van der Waals surface area contributed by atoms with Crippen LogP contribution in [0.4, 0.5) is 13.2 Å². The lowest BCUT2D eigenvalue weighted by Crippen LogP contribution is -2.62. The fourth-order valence-corrected chi connectivity index (χ4v) is 4.88. The molecule has 1 fully saturated rings. The van der Waals surface area contributed by atoms with E-state index < -0.39 is 30.0 Å². The Labute approximate surface area is 180 Å². The molecule has 1 aromatic heterocycles. The van der Waals surface area contributed by atoms with Crippen molar-refractivity contribution in [1.29, 1.82) is 0 Å². The zero-order chi connectivity index (χ0) is 21.7. The minimum Gasteiger partial charge on any atom is -0.319 e. The summed E-state index contributed by atoms with van der Waals surface area (Å²) < 4.78 is 43.8. The van der Waals surface area contributed by atoms with E-state index in [4.69, 9.17) is 23.2 Å². The third kappa shape index (κ3) is 3.47. The molecule has 1 amide bonds. The van der Waals surface area contributed by atoms with Crippen molar-refractivity contribution in [2.24, 2.45) is 5.92 Å². The number of nitrogens with one attached hydrogen (secondary N) is 1. The minimum atomic E-state index is -5.06. The second kappa shape index (κ2) is 7.71. The first-order valence-corrected chi connectivity index (χ1v) is 10.7. The minimum absolute atomic E-state index is 0.00449. The quantitative estimate of drug-likeness (QED) is 0.683. The Hall–Kier alpha value is -1.80. The Kier molecular flexibility index (Phi) is 5.51. The second-order valence-corrected chi connectivity index (χ2v) is 8.83. The third-order valence-corrected chi connectivity index (χ3v) is 6.78. The van der Waals surface area contributed by atoms with E-state index in [2.05, 4.69) is 4.98 Å². The van der Waals surface area contributed by atoms with Crippen molar-refractivity contribution in [1.82, 2.24) is 14.9 Å². The van der Waals surface area contributed by atoms with E-state index in [1.165, 1.54) is 12.1 Å². The third-order valence-electron chi connectivity index (χ3n) is 6.06. The van der Waals surface area contributed by atoms with Gasteiger partial charge in [-0.3, -0.25) is 14.2 Å². The summed E-state index contributed by atoms with van der Waals surface area (Å²) in [4.78, 5) is 29.4. The van der Waals surface area contributed by atoms with Crippen molar-refractivity contribution in [3.8, 4) is 0 Å². The molecule has 1 atom stereocenters. The number of Topliss-reactive ketones (excluding diaryl/α,β-unsaturated/α-hetero) is 1. The molecule has 5 nitrogen and oxygen atoms in total. The lowest BCUT2D eigenvalue weighted by atomic mass is 9.86. The molecule has 0 radical (unpaired) electrons. The van der Waals surface area contributed by atoms with Gasteiger partial charge in [-0.25, -0.2) is 4.98 Å². The molecule has 1 aliphatic heterocycles. The van der Waals surface area contributed by atoms with Crippen LogP contribution in [0.25, 0.3) is 11.0 Å². The van der Waals surface area contributed by atoms with Gasteiger partial charge in [-0.1, -0.05) is 55.3 Å². The highest BCUT2D eigenvalue weighted by atomic mass is 35.5. The second-order valence-electron chi connectivity index (χ2n) is 8.02. The van der Waals surface area contributed by atoms with Gasteiger partial charge >= 0.3 is 6.18 Å². The number of ketones is 1. The number of halogens is 5. The predicted octanol–water partition coefficient (Wildman–Crippen LogP) is 5.16. The summed E-state index contributed by atoms with van der Waals surface area (Å²) in [6, 6.07) is 2.59. The molecule has 1 unspecified atom stereocenters. The average Bonchev–Trinajstić information content (AvgIpc) is 3.15. The van der Waals surface area contributed by atoms with Crippen molar-refractivity contribution in [2.45, 2.75) is 63.2 Å². The van der Waals surface area contributed by atoms with Crippen LogP contribution in [-0.2, 0) is 21.7 Å². The summed E-state index contributed by atoms with van der Waals surface area (Å²) in [7, 11) is 0. The first-order valence-electron chi connectivity index (χ1n) is 9.91. The summed E-state index contributed by atoms with van der Waals surface area (Å²) >= 11 is 12.0. The van der Waals surface area contributed by atoms with Crippen LogP contribution in [-0.4, -0.2) is 27.4 Å². The van der Waals surface area contributed by atoms with Gasteiger partial charge in [0.15, 0.2) is 5.78 Å². The number of alkyl halides is 3. The van der Waals surface area contributed by atoms with Crippen molar-refractivity contribution in [2.75, 3.05) is 0 Å². The van der Waals surface area contributed by atoms with Crippen LogP contribution in [0.2, 0.25) is 10.0 Å². The van der Waals surface area contributed by atoms with E-state index in [1.807, 2.05) is 5.32 Å².